The molecule has 0 radical (unpaired) electrons. The maximum atomic E-state index is 6.85. The zero-order valence-electron chi connectivity index (χ0n) is 11.8. The SMILES string of the molecule is NC1=CC(c2ccccn2)C(N)(C2CCCCC2)C=C1. The highest BCUT2D eigenvalue weighted by Crippen LogP contribution is 2.42. The van der Waals surface area contributed by atoms with E-state index in [-0.39, 0.29) is 11.5 Å². The molecule has 20 heavy (non-hydrogen) atoms. The standard InChI is InChI=1S/C17H23N3/c18-14-9-10-17(19,13-6-2-1-3-7-13)15(12-14)16-8-4-5-11-20-16/h4-5,8-13,15H,1-3,6-7,18-19H2. The van der Waals surface area contributed by atoms with E-state index in [9.17, 15) is 0 Å². The Morgan fingerprint density at radius 3 is 2.65 bits per heavy atom. The highest BCUT2D eigenvalue weighted by Gasteiger charge is 2.42. The topological polar surface area (TPSA) is 64.9 Å². The Labute approximate surface area is 120 Å². The molecule has 2 atom stereocenters. The average Bonchev–Trinajstić information content (AvgIpc) is 2.51. The van der Waals surface area contributed by atoms with Gasteiger partial charge in [-0.1, -0.05) is 37.5 Å². The van der Waals surface area contributed by atoms with E-state index in [0.717, 1.165) is 11.4 Å². The van der Waals surface area contributed by atoms with Crippen LogP contribution in [0.4, 0.5) is 0 Å². The van der Waals surface area contributed by atoms with Gasteiger partial charge in [0.1, 0.15) is 0 Å². The second-order valence-corrected chi connectivity index (χ2v) is 6.07. The molecule has 0 aromatic carbocycles. The van der Waals surface area contributed by atoms with Gasteiger partial charge in [0.05, 0.1) is 0 Å². The number of nitrogens with zero attached hydrogens (tertiary/aromatic N) is 1. The summed E-state index contributed by atoms with van der Waals surface area (Å²) in [7, 11) is 0. The van der Waals surface area contributed by atoms with Crippen LogP contribution in [0.1, 0.15) is 43.7 Å². The Morgan fingerprint density at radius 1 is 1.15 bits per heavy atom. The van der Waals surface area contributed by atoms with Crippen molar-refractivity contribution < 1.29 is 0 Å². The second kappa shape index (κ2) is 5.41. The van der Waals surface area contributed by atoms with E-state index < -0.39 is 0 Å². The highest BCUT2D eigenvalue weighted by molar-refractivity contribution is 5.38. The molecule has 2 unspecified atom stereocenters. The van der Waals surface area contributed by atoms with Gasteiger partial charge in [0.15, 0.2) is 0 Å². The minimum Gasteiger partial charge on any atom is -0.399 e. The molecule has 3 nitrogen and oxygen atoms in total. The molecule has 1 fully saturated rings. The van der Waals surface area contributed by atoms with Gasteiger partial charge < -0.3 is 11.5 Å². The molecular weight excluding hydrogens is 246 g/mol. The number of hydrogen-bond acceptors (Lipinski definition) is 3. The second-order valence-electron chi connectivity index (χ2n) is 6.07. The number of rotatable bonds is 2. The Balaban J connectivity index is 1.97. The summed E-state index contributed by atoms with van der Waals surface area (Å²) >= 11 is 0. The molecule has 0 saturated heterocycles. The Kier molecular flexibility index (Phi) is 3.62. The molecule has 0 aliphatic heterocycles. The summed E-state index contributed by atoms with van der Waals surface area (Å²) in [5.41, 5.74) is 14.3. The number of hydrogen-bond donors (Lipinski definition) is 2. The van der Waals surface area contributed by atoms with Crippen LogP contribution >= 0.6 is 0 Å². The van der Waals surface area contributed by atoms with Crippen molar-refractivity contribution in [2.45, 2.75) is 43.6 Å². The first kappa shape index (κ1) is 13.4. The number of allylic oxidation sites excluding steroid dienone is 1. The summed E-state index contributed by atoms with van der Waals surface area (Å²) in [5.74, 6) is 0.598. The van der Waals surface area contributed by atoms with Crippen molar-refractivity contribution in [1.82, 2.24) is 4.98 Å². The molecule has 3 heteroatoms. The van der Waals surface area contributed by atoms with E-state index in [4.69, 9.17) is 11.5 Å². The molecule has 1 aromatic rings. The maximum absolute atomic E-state index is 6.85. The first-order valence-corrected chi connectivity index (χ1v) is 7.56. The molecular formula is C17H23N3. The van der Waals surface area contributed by atoms with Gasteiger partial charge in [-0.3, -0.25) is 4.98 Å². The van der Waals surface area contributed by atoms with E-state index >= 15 is 0 Å². The van der Waals surface area contributed by atoms with Crippen molar-refractivity contribution in [3.63, 3.8) is 0 Å². The molecule has 1 heterocycles. The van der Waals surface area contributed by atoms with E-state index in [2.05, 4.69) is 23.2 Å². The minimum absolute atomic E-state index is 0.0804. The van der Waals surface area contributed by atoms with Crippen LogP contribution in [0.2, 0.25) is 0 Å². The van der Waals surface area contributed by atoms with Crippen molar-refractivity contribution in [2.75, 3.05) is 0 Å². The molecule has 0 bridgehead atoms. The third kappa shape index (κ3) is 2.38. The van der Waals surface area contributed by atoms with Crippen LogP contribution in [0.15, 0.2) is 48.3 Å². The number of aromatic nitrogens is 1. The summed E-state index contributed by atoms with van der Waals surface area (Å²) in [5, 5.41) is 0. The van der Waals surface area contributed by atoms with E-state index in [1.165, 1.54) is 32.1 Å². The summed E-state index contributed by atoms with van der Waals surface area (Å²) in [6.45, 7) is 0. The van der Waals surface area contributed by atoms with Crippen LogP contribution in [0.25, 0.3) is 0 Å². The van der Waals surface area contributed by atoms with Crippen molar-refractivity contribution in [3.05, 3.63) is 54.0 Å². The lowest BCUT2D eigenvalue weighted by Gasteiger charge is -2.43. The number of nitrogens with two attached hydrogens (primary N) is 2. The molecule has 0 amide bonds. The van der Waals surface area contributed by atoms with Gasteiger partial charge in [-0.25, -0.2) is 0 Å². The largest absolute Gasteiger partial charge is 0.399 e. The van der Waals surface area contributed by atoms with E-state index in [1.807, 2.05) is 24.4 Å². The van der Waals surface area contributed by atoms with Crippen molar-refractivity contribution in [3.8, 4) is 0 Å². The van der Waals surface area contributed by atoms with Gasteiger partial charge in [0.2, 0.25) is 0 Å². The monoisotopic (exact) mass is 269 g/mol. The Bertz CT molecular complexity index is 514. The zero-order chi connectivity index (χ0) is 14.0. The molecule has 4 N–H and O–H groups in total. The fourth-order valence-electron chi connectivity index (χ4n) is 3.63. The van der Waals surface area contributed by atoms with E-state index in [0.29, 0.717) is 5.92 Å². The van der Waals surface area contributed by atoms with Gasteiger partial charge in [-0.05, 0) is 37.0 Å². The molecule has 3 rings (SSSR count). The zero-order valence-corrected chi connectivity index (χ0v) is 11.8. The summed E-state index contributed by atoms with van der Waals surface area (Å²) in [6.07, 6.45) is 14.3. The third-order valence-corrected chi connectivity index (χ3v) is 4.78. The fourth-order valence-corrected chi connectivity index (χ4v) is 3.63. The van der Waals surface area contributed by atoms with Crippen LogP contribution in [-0.4, -0.2) is 10.5 Å². The molecule has 2 aliphatic carbocycles. The molecule has 1 saturated carbocycles. The van der Waals surface area contributed by atoms with Crippen molar-refractivity contribution in [1.29, 1.82) is 0 Å². The summed E-state index contributed by atoms with van der Waals surface area (Å²) in [6, 6.07) is 6.01. The van der Waals surface area contributed by atoms with Crippen LogP contribution in [-0.2, 0) is 0 Å². The lowest BCUT2D eigenvalue weighted by Crippen LogP contribution is -2.52. The van der Waals surface area contributed by atoms with Gasteiger partial charge in [-0.15, -0.1) is 0 Å². The van der Waals surface area contributed by atoms with Gasteiger partial charge in [-0.2, -0.15) is 0 Å². The average molecular weight is 269 g/mol. The molecule has 1 aromatic heterocycles. The van der Waals surface area contributed by atoms with Crippen LogP contribution in [0.5, 0.6) is 0 Å². The summed E-state index contributed by atoms with van der Waals surface area (Å²) < 4.78 is 0. The normalized spacial score (nSPS) is 31.1. The predicted molar refractivity (Wildman–Crippen MR) is 81.9 cm³/mol. The predicted octanol–water partition coefficient (Wildman–Crippen LogP) is 2.86. The molecule has 0 spiro atoms. The van der Waals surface area contributed by atoms with Crippen LogP contribution in [0.3, 0.4) is 0 Å². The Morgan fingerprint density at radius 2 is 1.95 bits per heavy atom. The minimum atomic E-state index is -0.350. The first-order chi connectivity index (χ1) is 9.70. The third-order valence-electron chi connectivity index (χ3n) is 4.78. The first-order valence-electron chi connectivity index (χ1n) is 7.56. The van der Waals surface area contributed by atoms with Crippen LogP contribution in [0, 0.1) is 5.92 Å². The highest BCUT2D eigenvalue weighted by atomic mass is 14.8. The Hall–Kier alpha value is -1.61. The van der Waals surface area contributed by atoms with Crippen molar-refractivity contribution >= 4 is 0 Å². The van der Waals surface area contributed by atoms with Gasteiger partial charge >= 0.3 is 0 Å². The smallest absolute Gasteiger partial charge is 0.0494 e. The summed E-state index contributed by atoms with van der Waals surface area (Å²) in [4.78, 5) is 4.51. The quantitative estimate of drug-likeness (QED) is 0.867. The van der Waals surface area contributed by atoms with Crippen LogP contribution < -0.4 is 11.5 Å². The van der Waals surface area contributed by atoms with E-state index in [1.54, 1.807) is 0 Å². The number of pyridine rings is 1. The fraction of sp³-hybridized carbons (Fsp3) is 0.471. The lowest BCUT2D eigenvalue weighted by atomic mass is 9.66. The van der Waals surface area contributed by atoms with Gasteiger partial charge in [0, 0.05) is 29.0 Å². The lowest BCUT2D eigenvalue weighted by molar-refractivity contribution is 0.228. The maximum Gasteiger partial charge on any atom is 0.0494 e. The van der Waals surface area contributed by atoms with Crippen molar-refractivity contribution in [2.24, 2.45) is 17.4 Å². The van der Waals surface area contributed by atoms with Gasteiger partial charge in [0.25, 0.3) is 0 Å². The molecule has 106 valence electrons. The molecule has 2 aliphatic rings.